The molecule has 0 bridgehead atoms. The van der Waals surface area contributed by atoms with E-state index >= 15 is 0 Å². The first-order chi connectivity index (χ1) is 13.9. The molecule has 0 spiro atoms. The number of aromatic nitrogens is 2. The number of nitrogens with one attached hydrogen (secondary N) is 2. The first-order valence-corrected chi connectivity index (χ1v) is 9.35. The number of aliphatic hydroxyl groups excluding tert-OH is 1. The minimum atomic E-state index is -0.356. The van der Waals surface area contributed by atoms with Crippen molar-refractivity contribution in [1.29, 1.82) is 0 Å². The van der Waals surface area contributed by atoms with Gasteiger partial charge in [-0.05, 0) is 41.8 Å². The summed E-state index contributed by atoms with van der Waals surface area (Å²) in [5.74, 6) is -0.145. The highest BCUT2D eigenvalue weighted by molar-refractivity contribution is 6.05. The average Bonchev–Trinajstić information content (AvgIpc) is 3.13. The number of nitrogens with zero attached hydrogens (tertiary/aromatic N) is 1. The lowest BCUT2D eigenvalue weighted by Crippen LogP contribution is -2.41. The molecule has 1 aromatic heterocycles. The van der Waals surface area contributed by atoms with Gasteiger partial charge in [0.05, 0.1) is 41.9 Å². The van der Waals surface area contributed by atoms with Crippen LogP contribution in [0.1, 0.15) is 35.5 Å². The zero-order valence-corrected chi connectivity index (χ0v) is 16.6. The predicted octanol–water partition coefficient (Wildman–Crippen LogP) is 3.63. The maximum Gasteiger partial charge on any atom is 0.255 e. The van der Waals surface area contributed by atoms with Crippen LogP contribution in [-0.4, -0.2) is 41.0 Å². The number of rotatable bonds is 7. The molecule has 0 saturated carbocycles. The van der Waals surface area contributed by atoms with Gasteiger partial charge in [0.15, 0.2) is 0 Å². The number of hydrogen-bond donors (Lipinski definition) is 3. The Morgan fingerprint density at radius 2 is 1.97 bits per heavy atom. The Morgan fingerprint density at radius 1 is 1.24 bits per heavy atom. The number of fused-ring (bicyclic) bond motifs is 1. The average molecular weight is 397 g/mol. The molecule has 0 radical (unpaired) electrons. The van der Waals surface area contributed by atoms with Crippen LogP contribution in [0.3, 0.4) is 0 Å². The zero-order valence-electron chi connectivity index (χ0n) is 16.6. The van der Waals surface area contributed by atoms with Gasteiger partial charge in [-0.15, -0.1) is 0 Å². The molecule has 29 heavy (non-hydrogen) atoms. The van der Waals surface area contributed by atoms with Crippen molar-refractivity contribution in [2.75, 3.05) is 13.7 Å². The van der Waals surface area contributed by atoms with Gasteiger partial charge in [0.2, 0.25) is 0 Å². The summed E-state index contributed by atoms with van der Waals surface area (Å²) in [5, 5.41) is 20.3. The highest BCUT2D eigenvalue weighted by Crippen LogP contribution is 2.32. The number of methoxy groups -OCH3 is 1. The Labute approximate surface area is 168 Å². The number of halogens is 1. The van der Waals surface area contributed by atoms with Gasteiger partial charge in [-0.2, -0.15) is 5.10 Å². The first kappa shape index (κ1) is 20.5. The largest absolute Gasteiger partial charge is 0.495 e. The van der Waals surface area contributed by atoms with E-state index in [4.69, 9.17) is 4.74 Å². The molecule has 3 N–H and O–H groups in total. The number of amides is 1. The molecule has 7 heteroatoms. The number of ether oxygens (including phenoxy) is 1. The van der Waals surface area contributed by atoms with Gasteiger partial charge in [-0.25, -0.2) is 4.39 Å². The summed E-state index contributed by atoms with van der Waals surface area (Å²) in [5.41, 5.74) is 2.49. The van der Waals surface area contributed by atoms with Gasteiger partial charge in [0, 0.05) is 0 Å². The second-order valence-electron chi connectivity index (χ2n) is 7.07. The molecule has 1 atom stereocenters. The Bertz CT molecular complexity index is 1030. The van der Waals surface area contributed by atoms with Crippen LogP contribution >= 0.6 is 0 Å². The number of aromatic amines is 1. The van der Waals surface area contributed by atoms with Crippen molar-refractivity contribution in [1.82, 2.24) is 15.5 Å². The Morgan fingerprint density at radius 3 is 2.59 bits per heavy atom. The molecular weight excluding hydrogens is 373 g/mol. The standard InChI is InChI=1S/C22H24FN3O3/c1-13(2)19(12-27)24-22(28)16-9-11-18-20(21(16)29-3)17(25-26-18)10-6-14-4-7-15(23)8-5-14/h4-11,13,19,27H,12H2,1-3H3,(H,24,28)(H,25,26)/b10-6+/t19-/m0/s1. The zero-order chi connectivity index (χ0) is 21.0. The van der Waals surface area contributed by atoms with Crippen molar-refractivity contribution in [3.63, 3.8) is 0 Å². The third-order valence-corrected chi connectivity index (χ3v) is 4.78. The lowest BCUT2D eigenvalue weighted by atomic mass is 10.0. The molecule has 3 aromatic rings. The smallest absolute Gasteiger partial charge is 0.255 e. The summed E-state index contributed by atoms with van der Waals surface area (Å²) in [4.78, 5) is 12.8. The summed E-state index contributed by atoms with van der Waals surface area (Å²) in [6.45, 7) is 3.71. The van der Waals surface area contributed by atoms with Gasteiger partial charge in [-0.3, -0.25) is 9.89 Å². The van der Waals surface area contributed by atoms with Crippen molar-refractivity contribution >= 4 is 29.0 Å². The number of carbonyl (C=O) groups excluding carboxylic acids is 1. The molecule has 6 nitrogen and oxygen atoms in total. The fourth-order valence-electron chi connectivity index (χ4n) is 3.04. The normalized spacial score (nSPS) is 12.6. The minimum Gasteiger partial charge on any atom is -0.495 e. The van der Waals surface area contributed by atoms with E-state index < -0.39 is 0 Å². The first-order valence-electron chi connectivity index (χ1n) is 9.35. The van der Waals surface area contributed by atoms with Crippen molar-refractivity contribution < 1.29 is 19.0 Å². The predicted molar refractivity (Wildman–Crippen MR) is 111 cm³/mol. The Kier molecular flexibility index (Phi) is 6.29. The van der Waals surface area contributed by atoms with Gasteiger partial charge in [0.25, 0.3) is 5.91 Å². The number of hydrogen-bond acceptors (Lipinski definition) is 4. The molecular formula is C22H24FN3O3. The van der Waals surface area contributed by atoms with Gasteiger partial charge in [0.1, 0.15) is 11.6 Å². The molecule has 0 aliphatic carbocycles. The van der Waals surface area contributed by atoms with Crippen LogP contribution in [0.15, 0.2) is 36.4 Å². The molecule has 0 aliphatic heterocycles. The van der Waals surface area contributed by atoms with Gasteiger partial charge >= 0.3 is 0 Å². The summed E-state index contributed by atoms with van der Waals surface area (Å²) < 4.78 is 18.6. The van der Waals surface area contributed by atoms with Crippen molar-refractivity contribution in [2.24, 2.45) is 5.92 Å². The topological polar surface area (TPSA) is 87.2 Å². The fourth-order valence-corrected chi connectivity index (χ4v) is 3.04. The third-order valence-electron chi connectivity index (χ3n) is 4.78. The van der Waals surface area contributed by atoms with E-state index in [1.807, 2.05) is 19.9 Å². The van der Waals surface area contributed by atoms with Gasteiger partial charge in [-0.1, -0.05) is 32.1 Å². The van der Waals surface area contributed by atoms with Gasteiger partial charge < -0.3 is 15.2 Å². The molecule has 0 saturated heterocycles. The summed E-state index contributed by atoms with van der Waals surface area (Å²) in [6.07, 6.45) is 3.59. The molecule has 3 rings (SSSR count). The molecule has 152 valence electrons. The second kappa shape index (κ2) is 8.87. The van der Waals surface area contributed by atoms with E-state index in [1.165, 1.54) is 19.2 Å². The van der Waals surface area contributed by atoms with Crippen LogP contribution in [0.4, 0.5) is 4.39 Å². The van der Waals surface area contributed by atoms with Crippen LogP contribution in [-0.2, 0) is 0 Å². The number of benzene rings is 2. The Balaban J connectivity index is 1.98. The van der Waals surface area contributed by atoms with E-state index in [1.54, 1.807) is 30.3 Å². The van der Waals surface area contributed by atoms with Crippen LogP contribution in [0.2, 0.25) is 0 Å². The molecule has 1 amide bonds. The molecule has 1 heterocycles. The monoisotopic (exact) mass is 397 g/mol. The highest BCUT2D eigenvalue weighted by atomic mass is 19.1. The lowest BCUT2D eigenvalue weighted by molar-refractivity contribution is 0.0894. The van der Waals surface area contributed by atoms with Crippen LogP contribution in [0, 0.1) is 11.7 Å². The van der Waals surface area contributed by atoms with Crippen molar-refractivity contribution in [2.45, 2.75) is 19.9 Å². The van der Waals surface area contributed by atoms with Crippen LogP contribution in [0.5, 0.6) is 5.75 Å². The molecule has 0 fully saturated rings. The lowest BCUT2D eigenvalue weighted by Gasteiger charge is -2.20. The third kappa shape index (κ3) is 4.46. The number of H-pyrrole nitrogens is 1. The van der Waals surface area contributed by atoms with E-state index in [0.717, 1.165) is 11.1 Å². The van der Waals surface area contributed by atoms with Crippen molar-refractivity contribution in [3.8, 4) is 5.75 Å². The maximum absolute atomic E-state index is 13.1. The summed E-state index contributed by atoms with van der Waals surface area (Å²) in [7, 11) is 1.50. The number of aliphatic hydroxyl groups is 1. The number of carbonyl (C=O) groups is 1. The van der Waals surface area contributed by atoms with Crippen LogP contribution < -0.4 is 10.1 Å². The van der Waals surface area contributed by atoms with E-state index in [0.29, 0.717) is 22.4 Å². The minimum absolute atomic E-state index is 0.0850. The van der Waals surface area contributed by atoms with Crippen LogP contribution in [0.25, 0.3) is 23.1 Å². The summed E-state index contributed by atoms with van der Waals surface area (Å²) in [6, 6.07) is 9.17. The van der Waals surface area contributed by atoms with Crippen molar-refractivity contribution in [3.05, 3.63) is 59.0 Å². The molecule has 0 aliphatic rings. The quantitative estimate of drug-likeness (QED) is 0.568. The van der Waals surface area contributed by atoms with E-state index in [-0.39, 0.29) is 30.3 Å². The molecule has 0 unspecified atom stereocenters. The highest BCUT2D eigenvalue weighted by Gasteiger charge is 2.22. The summed E-state index contributed by atoms with van der Waals surface area (Å²) >= 11 is 0. The fraction of sp³-hybridized carbons (Fsp3) is 0.273. The second-order valence-corrected chi connectivity index (χ2v) is 7.07. The Hall–Kier alpha value is -3.19. The molecule has 2 aromatic carbocycles. The van der Waals surface area contributed by atoms with E-state index in [9.17, 15) is 14.3 Å². The SMILES string of the molecule is COc1c(C(=O)N[C@@H](CO)C(C)C)ccc2[nH]nc(/C=C/c3ccc(F)cc3)c12. The maximum atomic E-state index is 13.1. The van der Waals surface area contributed by atoms with E-state index in [2.05, 4.69) is 15.5 Å².